The maximum absolute atomic E-state index is 14.1. The van der Waals surface area contributed by atoms with Crippen LogP contribution in [0.5, 0.6) is 5.75 Å². The van der Waals surface area contributed by atoms with Crippen LogP contribution < -0.4 is 25.2 Å². The monoisotopic (exact) mass is 500 g/mol. The summed E-state index contributed by atoms with van der Waals surface area (Å²) in [5.74, 6) is -1.96. The van der Waals surface area contributed by atoms with E-state index in [1.807, 2.05) is 6.92 Å². The van der Waals surface area contributed by atoms with Crippen LogP contribution in [0.2, 0.25) is 0 Å². The van der Waals surface area contributed by atoms with Gasteiger partial charge >= 0.3 is 0 Å². The third-order valence-electron chi connectivity index (χ3n) is 7.09. The molecule has 192 valence electrons. The number of carbonyl (C=O) groups excluding carboxylic acids is 2. The fourth-order valence-electron chi connectivity index (χ4n) is 4.98. The second kappa shape index (κ2) is 9.18. The largest absolute Gasteiger partial charge is 0.495 e. The summed E-state index contributed by atoms with van der Waals surface area (Å²) in [6, 6.07) is 4.21. The van der Waals surface area contributed by atoms with Gasteiger partial charge in [0, 0.05) is 37.5 Å². The lowest BCUT2D eigenvalue weighted by Crippen LogP contribution is -2.55. The number of benzene rings is 1. The van der Waals surface area contributed by atoms with Crippen LogP contribution in [0.4, 0.5) is 31.9 Å². The van der Waals surface area contributed by atoms with Crippen molar-refractivity contribution in [2.45, 2.75) is 69.5 Å². The Labute approximate surface area is 208 Å². The van der Waals surface area contributed by atoms with Crippen molar-refractivity contribution in [3.63, 3.8) is 0 Å². The lowest BCUT2D eigenvalue weighted by Gasteiger charge is -2.43. The minimum atomic E-state index is -2.76. The molecule has 2 heterocycles. The van der Waals surface area contributed by atoms with Crippen molar-refractivity contribution < 1.29 is 23.1 Å². The highest BCUT2D eigenvalue weighted by Gasteiger charge is 2.48. The average Bonchev–Trinajstić information content (AvgIpc) is 3.60. The van der Waals surface area contributed by atoms with Crippen molar-refractivity contribution in [1.82, 2.24) is 15.3 Å². The van der Waals surface area contributed by atoms with Gasteiger partial charge in [0.1, 0.15) is 17.5 Å². The minimum absolute atomic E-state index is 0.158. The Balaban J connectivity index is 1.46. The molecule has 5 rings (SSSR count). The highest BCUT2D eigenvalue weighted by Crippen LogP contribution is 2.44. The number of nitrogens with one attached hydrogen (secondary N) is 2. The van der Waals surface area contributed by atoms with E-state index in [1.165, 1.54) is 18.2 Å². The molecule has 9 nitrogen and oxygen atoms in total. The zero-order chi connectivity index (χ0) is 25.6. The summed E-state index contributed by atoms with van der Waals surface area (Å²) < 4.78 is 33.8. The molecule has 2 atom stereocenters. The predicted octanol–water partition coefficient (Wildman–Crippen LogP) is 3.87. The first kappa shape index (κ1) is 24.2. The summed E-state index contributed by atoms with van der Waals surface area (Å²) >= 11 is 0. The SMILES string of the molecule is CC[C@@H]1C(=O)N(C)c2cnc(Nc3ccc(C(=O)NC4CC4)cc3OC)nc2N1[C@@H]1CCC(F)(F)C1. The van der Waals surface area contributed by atoms with Crippen molar-refractivity contribution >= 4 is 35.0 Å². The first-order chi connectivity index (χ1) is 17.2. The molecule has 2 aromatic rings. The summed E-state index contributed by atoms with van der Waals surface area (Å²) in [6.07, 6.45) is 3.74. The molecule has 0 radical (unpaired) electrons. The molecule has 2 aliphatic carbocycles. The van der Waals surface area contributed by atoms with Gasteiger partial charge in [0.05, 0.1) is 19.0 Å². The Hall–Kier alpha value is -3.50. The molecule has 11 heteroatoms. The van der Waals surface area contributed by atoms with E-state index in [0.717, 1.165) is 12.8 Å². The van der Waals surface area contributed by atoms with Crippen LogP contribution in [-0.4, -0.2) is 60.0 Å². The zero-order valence-corrected chi connectivity index (χ0v) is 20.6. The summed E-state index contributed by atoms with van der Waals surface area (Å²) in [7, 11) is 3.15. The molecule has 0 unspecified atom stereocenters. The normalized spacial score (nSPS) is 22.9. The molecule has 3 aliphatic rings. The van der Waals surface area contributed by atoms with Crippen molar-refractivity contribution in [3.05, 3.63) is 30.0 Å². The molecule has 0 spiro atoms. The summed E-state index contributed by atoms with van der Waals surface area (Å²) in [5.41, 5.74) is 1.51. The fraction of sp³-hybridized carbons (Fsp3) is 0.520. The van der Waals surface area contributed by atoms with Gasteiger partial charge in [-0.15, -0.1) is 0 Å². The van der Waals surface area contributed by atoms with E-state index in [4.69, 9.17) is 4.74 Å². The molecule has 2 amide bonds. The van der Waals surface area contributed by atoms with Gasteiger partial charge in [-0.05, 0) is 43.9 Å². The second-order valence-corrected chi connectivity index (χ2v) is 9.67. The average molecular weight is 501 g/mol. The maximum Gasteiger partial charge on any atom is 0.251 e. The van der Waals surface area contributed by atoms with Crippen LogP contribution in [-0.2, 0) is 4.79 Å². The summed E-state index contributed by atoms with van der Waals surface area (Å²) in [4.78, 5) is 37.7. The first-order valence-corrected chi connectivity index (χ1v) is 12.3. The number of ether oxygens (including phenoxy) is 1. The van der Waals surface area contributed by atoms with Crippen LogP contribution in [0.25, 0.3) is 0 Å². The van der Waals surface area contributed by atoms with Gasteiger partial charge in [0.15, 0.2) is 5.82 Å². The molecule has 0 saturated heterocycles. The molecule has 0 bridgehead atoms. The Morgan fingerprint density at radius 3 is 2.69 bits per heavy atom. The Kier molecular flexibility index (Phi) is 6.17. The molecule has 2 fully saturated rings. The molecular formula is C25H30F2N6O3. The minimum Gasteiger partial charge on any atom is -0.495 e. The number of rotatable bonds is 7. The van der Waals surface area contributed by atoms with Crippen LogP contribution >= 0.6 is 0 Å². The number of alkyl halides is 2. The number of fused-ring (bicyclic) bond motifs is 1. The highest BCUT2D eigenvalue weighted by molar-refractivity contribution is 6.04. The summed E-state index contributed by atoms with van der Waals surface area (Å²) in [5, 5.41) is 6.07. The number of amides is 2. The third kappa shape index (κ3) is 4.54. The van der Waals surface area contributed by atoms with E-state index < -0.39 is 18.0 Å². The topological polar surface area (TPSA) is 99.7 Å². The van der Waals surface area contributed by atoms with Gasteiger partial charge in [-0.1, -0.05) is 6.92 Å². The van der Waals surface area contributed by atoms with Crippen molar-refractivity contribution in [1.29, 1.82) is 0 Å². The zero-order valence-electron chi connectivity index (χ0n) is 20.6. The predicted molar refractivity (Wildman–Crippen MR) is 131 cm³/mol. The van der Waals surface area contributed by atoms with E-state index in [-0.39, 0.29) is 43.1 Å². The Bertz CT molecular complexity index is 1190. The number of hydrogen-bond donors (Lipinski definition) is 2. The number of likely N-dealkylation sites (N-methyl/N-ethyl adjacent to an activating group) is 1. The van der Waals surface area contributed by atoms with E-state index in [9.17, 15) is 18.4 Å². The van der Waals surface area contributed by atoms with E-state index in [1.54, 1.807) is 30.1 Å². The first-order valence-electron chi connectivity index (χ1n) is 12.3. The maximum atomic E-state index is 14.1. The van der Waals surface area contributed by atoms with Crippen LogP contribution in [0, 0.1) is 0 Å². The van der Waals surface area contributed by atoms with Crippen molar-refractivity contribution in [2.24, 2.45) is 0 Å². The number of hydrogen-bond acceptors (Lipinski definition) is 7. The standard InChI is InChI=1S/C25H30F2N6O3/c1-4-18-23(35)32(2)19-13-28-24(31-21(19)33(18)16-9-10-25(26,27)12-16)30-17-8-5-14(11-20(17)36-3)22(34)29-15-6-7-15/h5,8,11,13,15-16,18H,4,6-7,9-10,12H2,1-3H3,(H,29,34)(H,28,30,31)/t16-,18-/m1/s1. The van der Waals surface area contributed by atoms with Gasteiger partial charge in [-0.3, -0.25) is 9.59 Å². The molecule has 1 aromatic carbocycles. The smallest absolute Gasteiger partial charge is 0.251 e. The lowest BCUT2D eigenvalue weighted by molar-refractivity contribution is -0.120. The van der Waals surface area contributed by atoms with E-state index in [0.29, 0.717) is 34.9 Å². The number of nitrogens with zero attached hydrogens (tertiary/aromatic N) is 4. The van der Waals surface area contributed by atoms with Crippen LogP contribution in [0.3, 0.4) is 0 Å². The van der Waals surface area contributed by atoms with Gasteiger partial charge in [0.25, 0.3) is 5.91 Å². The number of carbonyl (C=O) groups is 2. The number of halogens is 2. The van der Waals surface area contributed by atoms with Crippen LogP contribution in [0.1, 0.15) is 55.8 Å². The van der Waals surface area contributed by atoms with Crippen molar-refractivity contribution in [3.8, 4) is 5.75 Å². The van der Waals surface area contributed by atoms with E-state index >= 15 is 0 Å². The molecule has 2 saturated carbocycles. The van der Waals surface area contributed by atoms with Crippen molar-refractivity contribution in [2.75, 3.05) is 29.3 Å². The Morgan fingerprint density at radius 2 is 2.06 bits per heavy atom. The van der Waals surface area contributed by atoms with Gasteiger partial charge in [-0.25, -0.2) is 13.8 Å². The molecule has 36 heavy (non-hydrogen) atoms. The molecular weight excluding hydrogens is 470 g/mol. The second-order valence-electron chi connectivity index (χ2n) is 9.67. The summed E-state index contributed by atoms with van der Waals surface area (Å²) in [6.45, 7) is 1.87. The lowest BCUT2D eigenvalue weighted by atomic mass is 10.0. The molecule has 1 aliphatic heterocycles. The van der Waals surface area contributed by atoms with Crippen LogP contribution in [0.15, 0.2) is 24.4 Å². The molecule has 1 aromatic heterocycles. The highest BCUT2D eigenvalue weighted by atomic mass is 19.3. The van der Waals surface area contributed by atoms with E-state index in [2.05, 4.69) is 20.6 Å². The molecule has 2 N–H and O–H groups in total. The number of aromatic nitrogens is 2. The van der Waals surface area contributed by atoms with Gasteiger partial charge < -0.3 is 25.2 Å². The third-order valence-corrected chi connectivity index (χ3v) is 7.09. The number of methoxy groups -OCH3 is 1. The Morgan fingerprint density at radius 1 is 1.28 bits per heavy atom. The number of anilines is 4. The van der Waals surface area contributed by atoms with Gasteiger partial charge in [0.2, 0.25) is 17.8 Å². The quantitative estimate of drug-likeness (QED) is 0.595. The fourth-order valence-corrected chi connectivity index (χ4v) is 4.98. The van der Waals surface area contributed by atoms with Gasteiger partial charge in [-0.2, -0.15) is 4.98 Å².